The number of benzene rings is 1. The summed E-state index contributed by atoms with van der Waals surface area (Å²) in [5.74, 6) is 1.76. The van der Waals surface area contributed by atoms with E-state index in [2.05, 4.69) is 35.1 Å². The van der Waals surface area contributed by atoms with Crippen molar-refractivity contribution in [2.75, 3.05) is 11.1 Å². The predicted molar refractivity (Wildman–Crippen MR) is 90.6 cm³/mol. The van der Waals surface area contributed by atoms with Gasteiger partial charge in [0.05, 0.1) is 11.7 Å². The van der Waals surface area contributed by atoms with Gasteiger partial charge >= 0.3 is 0 Å². The van der Waals surface area contributed by atoms with Crippen LogP contribution in [-0.2, 0) is 0 Å². The minimum Gasteiger partial charge on any atom is -0.334 e. The minimum atomic E-state index is 0.437. The number of amidine groups is 1. The molecule has 1 aromatic rings. The number of nitrogens with zero attached hydrogens (tertiary/aromatic N) is 1. The number of halogens is 2. The smallest absolute Gasteiger partial charge is 0.161 e. The maximum absolute atomic E-state index is 6.16. The van der Waals surface area contributed by atoms with Crippen LogP contribution < -0.4 is 5.32 Å². The Morgan fingerprint density at radius 3 is 2.95 bits per heavy atom. The summed E-state index contributed by atoms with van der Waals surface area (Å²) < 4.78 is 1.02. The molecule has 0 saturated carbocycles. The quantitative estimate of drug-likeness (QED) is 0.785. The van der Waals surface area contributed by atoms with Gasteiger partial charge in [-0.25, -0.2) is 0 Å². The highest BCUT2D eigenvalue weighted by atomic mass is 79.9. The van der Waals surface area contributed by atoms with Crippen molar-refractivity contribution in [3.8, 4) is 0 Å². The minimum absolute atomic E-state index is 0.437. The van der Waals surface area contributed by atoms with Crippen molar-refractivity contribution >= 4 is 50.1 Å². The van der Waals surface area contributed by atoms with Crippen LogP contribution in [0, 0.1) is 12.8 Å². The fourth-order valence-corrected chi connectivity index (χ4v) is 3.69. The highest BCUT2D eigenvalue weighted by Crippen LogP contribution is 2.31. The SMILES string of the molecule is Cc1cc(Br)c(NC2=NC(CC(C)C)CS2)cc1Cl. The van der Waals surface area contributed by atoms with Crippen LogP contribution >= 0.6 is 39.3 Å². The van der Waals surface area contributed by atoms with E-state index in [1.165, 1.54) is 0 Å². The molecule has 1 N–H and O–H groups in total. The van der Waals surface area contributed by atoms with Gasteiger partial charge in [-0.1, -0.05) is 37.2 Å². The van der Waals surface area contributed by atoms with Gasteiger partial charge in [-0.15, -0.1) is 0 Å². The summed E-state index contributed by atoms with van der Waals surface area (Å²) in [6.07, 6.45) is 1.15. The van der Waals surface area contributed by atoms with Crippen molar-refractivity contribution in [1.29, 1.82) is 0 Å². The number of nitrogens with one attached hydrogen (secondary N) is 1. The molecule has 1 aliphatic rings. The fraction of sp³-hybridized carbons (Fsp3) is 0.500. The summed E-state index contributed by atoms with van der Waals surface area (Å²) in [4.78, 5) is 4.72. The van der Waals surface area contributed by atoms with Gasteiger partial charge in [0.2, 0.25) is 0 Å². The highest BCUT2D eigenvalue weighted by Gasteiger charge is 2.20. The van der Waals surface area contributed by atoms with Crippen molar-refractivity contribution in [3.63, 3.8) is 0 Å². The molecule has 2 nitrogen and oxygen atoms in total. The van der Waals surface area contributed by atoms with Crippen LogP contribution in [0.5, 0.6) is 0 Å². The van der Waals surface area contributed by atoms with Gasteiger partial charge in [-0.2, -0.15) is 0 Å². The first-order valence-electron chi connectivity index (χ1n) is 6.39. The third-order valence-corrected chi connectivity index (χ3v) is 5.04. The predicted octanol–water partition coefficient (Wildman–Crippen LogP) is 5.34. The molecule has 0 aromatic heterocycles. The molecule has 0 amide bonds. The standard InChI is InChI=1S/C14H18BrClN2S/c1-8(2)4-10-7-19-14(17-10)18-13-6-12(16)9(3)5-11(13)15/h5-6,8,10H,4,7H2,1-3H3,(H,17,18). The molecule has 0 bridgehead atoms. The Morgan fingerprint density at radius 1 is 1.53 bits per heavy atom. The lowest BCUT2D eigenvalue weighted by molar-refractivity contribution is 0.529. The molecule has 1 aromatic carbocycles. The Morgan fingerprint density at radius 2 is 2.26 bits per heavy atom. The van der Waals surface area contributed by atoms with Crippen molar-refractivity contribution < 1.29 is 0 Å². The zero-order chi connectivity index (χ0) is 14.0. The highest BCUT2D eigenvalue weighted by molar-refractivity contribution is 9.10. The Kier molecular flexibility index (Phi) is 5.21. The van der Waals surface area contributed by atoms with E-state index in [0.29, 0.717) is 12.0 Å². The van der Waals surface area contributed by atoms with Crippen LogP contribution in [0.25, 0.3) is 0 Å². The number of hydrogen-bond donors (Lipinski definition) is 1. The molecule has 5 heteroatoms. The van der Waals surface area contributed by atoms with E-state index in [0.717, 1.165) is 38.1 Å². The maximum Gasteiger partial charge on any atom is 0.161 e. The molecule has 1 aliphatic heterocycles. The average Bonchev–Trinajstić information content (AvgIpc) is 2.72. The lowest BCUT2D eigenvalue weighted by Crippen LogP contribution is -2.08. The van der Waals surface area contributed by atoms with E-state index in [4.69, 9.17) is 16.6 Å². The van der Waals surface area contributed by atoms with E-state index in [9.17, 15) is 0 Å². The van der Waals surface area contributed by atoms with Gasteiger partial charge < -0.3 is 5.32 Å². The first-order chi connectivity index (χ1) is 8.95. The monoisotopic (exact) mass is 360 g/mol. The largest absolute Gasteiger partial charge is 0.334 e. The fourth-order valence-electron chi connectivity index (χ4n) is 2.01. The summed E-state index contributed by atoms with van der Waals surface area (Å²) in [5, 5.41) is 5.13. The third kappa shape index (κ3) is 4.14. The molecule has 1 unspecified atom stereocenters. The van der Waals surface area contributed by atoms with E-state index in [1.807, 2.05) is 19.1 Å². The van der Waals surface area contributed by atoms with E-state index in [-0.39, 0.29) is 0 Å². The molecule has 2 rings (SSSR count). The molecule has 0 radical (unpaired) electrons. The van der Waals surface area contributed by atoms with Crippen LogP contribution in [0.15, 0.2) is 21.6 Å². The normalized spacial score (nSPS) is 18.8. The second-order valence-electron chi connectivity index (χ2n) is 5.23. The zero-order valence-corrected chi connectivity index (χ0v) is 14.5. The summed E-state index contributed by atoms with van der Waals surface area (Å²) in [7, 11) is 0. The maximum atomic E-state index is 6.16. The number of aryl methyl sites for hydroxylation is 1. The third-order valence-electron chi connectivity index (χ3n) is 2.95. The number of hydrogen-bond acceptors (Lipinski definition) is 3. The van der Waals surface area contributed by atoms with Gasteiger partial charge in [0.1, 0.15) is 0 Å². The summed E-state index contributed by atoms with van der Waals surface area (Å²) >= 11 is 11.5. The van der Waals surface area contributed by atoms with E-state index in [1.54, 1.807) is 11.8 Å². The zero-order valence-electron chi connectivity index (χ0n) is 11.3. The van der Waals surface area contributed by atoms with Crippen LogP contribution in [0.1, 0.15) is 25.8 Å². The summed E-state index contributed by atoms with van der Waals surface area (Å²) in [6.45, 7) is 6.47. The Hall–Kier alpha value is -0.190. The molecule has 104 valence electrons. The lowest BCUT2D eigenvalue weighted by atomic mass is 10.1. The molecule has 19 heavy (non-hydrogen) atoms. The van der Waals surface area contributed by atoms with E-state index >= 15 is 0 Å². The number of aliphatic imine (C=N–C) groups is 1. The van der Waals surface area contributed by atoms with Gasteiger partial charge in [0.25, 0.3) is 0 Å². The topological polar surface area (TPSA) is 24.4 Å². The van der Waals surface area contributed by atoms with Crippen molar-refractivity contribution in [1.82, 2.24) is 0 Å². The molecule has 0 fully saturated rings. The second-order valence-corrected chi connectivity index (χ2v) is 7.51. The lowest BCUT2D eigenvalue weighted by Gasteiger charge is -2.10. The Labute approximate surface area is 132 Å². The van der Waals surface area contributed by atoms with Crippen molar-refractivity contribution in [2.45, 2.75) is 33.2 Å². The molecule has 0 spiro atoms. The van der Waals surface area contributed by atoms with Crippen molar-refractivity contribution in [3.05, 3.63) is 27.2 Å². The first kappa shape index (κ1) is 15.2. The van der Waals surface area contributed by atoms with Crippen LogP contribution in [0.3, 0.4) is 0 Å². The summed E-state index contributed by atoms with van der Waals surface area (Å²) in [6, 6.07) is 4.41. The van der Waals surface area contributed by atoms with Crippen LogP contribution in [0.4, 0.5) is 5.69 Å². The molecule has 1 heterocycles. The first-order valence-corrected chi connectivity index (χ1v) is 8.54. The van der Waals surface area contributed by atoms with Gasteiger partial charge in [-0.3, -0.25) is 4.99 Å². The molecule has 0 aliphatic carbocycles. The van der Waals surface area contributed by atoms with Gasteiger partial charge in [-0.05, 0) is 52.9 Å². The molecule has 0 saturated heterocycles. The van der Waals surface area contributed by atoms with E-state index < -0.39 is 0 Å². The Bertz CT molecular complexity index is 502. The second kappa shape index (κ2) is 6.51. The Balaban J connectivity index is 2.08. The number of rotatable bonds is 3. The van der Waals surface area contributed by atoms with Gasteiger partial charge in [0.15, 0.2) is 5.17 Å². The average molecular weight is 362 g/mol. The van der Waals surface area contributed by atoms with Gasteiger partial charge in [0, 0.05) is 15.2 Å². The number of anilines is 1. The molecular formula is C14H18BrClN2S. The van der Waals surface area contributed by atoms with Crippen molar-refractivity contribution in [2.24, 2.45) is 10.9 Å². The number of thioether (sulfide) groups is 1. The van der Waals surface area contributed by atoms with Crippen LogP contribution in [0.2, 0.25) is 5.02 Å². The molecule has 1 atom stereocenters. The van der Waals surface area contributed by atoms with Crippen LogP contribution in [-0.4, -0.2) is 17.0 Å². The summed E-state index contributed by atoms with van der Waals surface area (Å²) in [5.41, 5.74) is 2.05. The molecular weight excluding hydrogens is 344 g/mol.